The smallest absolute Gasteiger partial charge is 0.139 e. The lowest BCUT2D eigenvalue weighted by Gasteiger charge is -1.97. The van der Waals surface area contributed by atoms with Gasteiger partial charge in [-0.1, -0.05) is 5.92 Å². The molecule has 2 N–H and O–H groups in total. The molecular weight excluding hydrogens is 218 g/mol. The summed E-state index contributed by atoms with van der Waals surface area (Å²) in [6.45, 7) is 0.872. The number of H-pyrrole nitrogens is 1. The summed E-state index contributed by atoms with van der Waals surface area (Å²) < 4.78 is 0. The fourth-order valence-corrected chi connectivity index (χ4v) is 2.11. The Morgan fingerprint density at radius 3 is 2.94 bits per heavy atom. The van der Waals surface area contributed by atoms with Gasteiger partial charge in [-0.05, 0) is 24.1 Å². The Balaban J connectivity index is 2.10. The molecule has 16 heavy (non-hydrogen) atoms. The van der Waals surface area contributed by atoms with Gasteiger partial charge in [0.2, 0.25) is 0 Å². The van der Waals surface area contributed by atoms with Crippen LogP contribution in [0.3, 0.4) is 0 Å². The Labute approximate surface area is 99.1 Å². The minimum atomic E-state index is 0.872. The van der Waals surface area contributed by atoms with E-state index in [0.29, 0.717) is 0 Å². The van der Waals surface area contributed by atoms with E-state index in [1.807, 2.05) is 6.07 Å². The van der Waals surface area contributed by atoms with Crippen molar-refractivity contribution in [1.82, 2.24) is 10.2 Å². The first kappa shape index (κ1) is 10.9. The second kappa shape index (κ2) is 4.97. The lowest BCUT2D eigenvalue weighted by atomic mass is 10.3. The molecule has 82 valence electrons. The van der Waals surface area contributed by atoms with Crippen molar-refractivity contribution in [3.05, 3.63) is 29.3 Å². The first-order valence-corrected chi connectivity index (χ1v) is 5.95. The highest BCUT2D eigenvalue weighted by atomic mass is 32.1. The van der Waals surface area contributed by atoms with Crippen LogP contribution in [0.5, 0.6) is 0 Å². The third-order valence-corrected chi connectivity index (χ3v) is 3.06. The molecule has 2 aromatic heterocycles. The molecule has 4 heteroatoms. The minimum absolute atomic E-state index is 0.872. The van der Waals surface area contributed by atoms with Crippen molar-refractivity contribution >= 4 is 11.3 Å². The Morgan fingerprint density at radius 1 is 1.38 bits per heavy atom. The van der Waals surface area contributed by atoms with Crippen molar-refractivity contribution in [3.8, 4) is 22.4 Å². The molecular formula is C12H14N3S+. The van der Waals surface area contributed by atoms with Crippen LogP contribution < -0.4 is 4.90 Å². The van der Waals surface area contributed by atoms with E-state index in [4.69, 9.17) is 0 Å². The van der Waals surface area contributed by atoms with Gasteiger partial charge >= 0.3 is 0 Å². The monoisotopic (exact) mass is 232 g/mol. The van der Waals surface area contributed by atoms with Gasteiger partial charge < -0.3 is 4.90 Å². The van der Waals surface area contributed by atoms with Crippen molar-refractivity contribution < 1.29 is 4.90 Å². The molecule has 0 bridgehead atoms. The predicted molar refractivity (Wildman–Crippen MR) is 66.5 cm³/mol. The van der Waals surface area contributed by atoms with Crippen LogP contribution in [0.1, 0.15) is 4.88 Å². The normalized spacial score (nSPS) is 10.2. The number of hydrogen-bond acceptors (Lipinski definition) is 2. The van der Waals surface area contributed by atoms with Crippen molar-refractivity contribution in [2.45, 2.75) is 0 Å². The van der Waals surface area contributed by atoms with Gasteiger partial charge in [0.15, 0.2) is 0 Å². The molecule has 0 saturated heterocycles. The zero-order chi connectivity index (χ0) is 11.4. The highest BCUT2D eigenvalue weighted by Gasteiger charge is 2.01. The SMILES string of the molecule is C[NH+](C)CC#Cc1ccc(-c2ccn[nH]2)s1. The van der Waals surface area contributed by atoms with E-state index in [2.05, 4.69) is 48.3 Å². The van der Waals surface area contributed by atoms with Crippen molar-refractivity contribution in [1.29, 1.82) is 0 Å². The molecule has 0 saturated carbocycles. The number of rotatable bonds is 2. The van der Waals surface area contributed by atoms with Crippen LogP contribution in [0.25, 0.3) is 10.6 Å². The summed E-state index contributed by atoms with van der Waals surface area (Å²) >= 11 is 1.69. The molecule has 2 aromatic rings. The molecule has 0 aliphatic rings. The van der Waals surface area contributed by atoms with Crippen LogP contribution >= 0.6 is 11.3 Å². The maximum absolute atomic E-state index is 3.94. The number of quaternary nitrogens is 1. The van der Waals surface area contributed by atoms with E-state index in [1.54, 1.807) is 17.5 Å². The van der Waals surface area contributed by atoms with Gasteiger partial charge in [-0.3, -0.25) is 5.10 Å². The molecule has 3 nitrogen and oxygen atoms in total. The molecule has 0 aliphatic heterocycles. The number of aromatic nitrogens is 2. The zero-order valence-corrected chi connectivity index (χ0v) is 10.2. The van der Waals surface area contributed by atoms with Crippen LogP contribution in [-0.2, 0) is 0 Å². The Kier molecular flexibility index (Phi) is 3.40. The molecule has 0 radical (unpaired) electrons. The zero-order valence-electron chi connectivity index (χ0n) is 9.37. The van der Waals surface area contributed by atoms with Crippen molar-refractivity contribution in [3.63, 3.8) is 0 Å². The molecule has 0 unspecified atom stereocenters. The Morgan fingerprint density at radius 2 is 2.25 bits per heavy atom. The van der Waals surface area contributed by atoms with Gasteiger partial charge in [-0.2, -0.15) is 5.10 Å². The molecule has 0 spiro atoms. The average Bonchev–Trinajstić information content (AvgIpc) is 2.85. The largest absolute Gasteiger partial charge is 0.330 e. The van der Waals surface area contributed by atoms with Crippen LogP contribution in [0.15, 0.2) is 24.4 Å². The number of thiophene rings is 1. The van der Waals surface area contributed by atoms with E-state index >= 15 is 0 Å². The molecule has 2 heterocycles. The van der Waals surface area contributed by atoms with E-state index in [0.717, 1.165) is 17.1 Å². The number of hydrogen-bond donors (Lipinski definition) is 2. The van der Waals surface area contributed by atoms with E-state index < -0.39 is 0 Å². The van der Waals surface area contributed by atoms with Crippen LogP contribution in [0.4, 0.5) is 0 Å². The molecule has 0 amide bonds. The summed E-state index contributed by atoms with van der Waals surface area (Å²) in [6.07, 6.45) is 1.76. The third-order valence-electron chi connectivity index (χ3n) is 2.03. The van der Waals surface area contributed by atoms with Gasteiger partial charge in [0.05, 0.1) is 29.5 Å². The summed E-state index contributed by atoms with van der Waals surface area (Å²) in [7, 11) is 4.19. The number of nitrogens with zero attached hydrogens (tertiary/aromatic N) is 1. The fraction of sp³-hybridized carbons (Fsp3) is 0.250. The number of aromatic amines is 1. The maximum Gasteiger partial charge on any atom is 0.139 e. The highest BCUT2D eigenvalue weighted by Crippen LogP contribution is 2.25. The lowest BCUT2D eigenvalue weighted by molar-refractivity contribution is -0.850. The average molecular weight is 232 g/mol. The van der Waals surface area contributed by atoms with E-state index in [9.17, 15) is 0 Å². The van der Waals surface area contributed by atoms with Gasteiger partial charge in [0, 0.05) is 6.20 Å². The molecule has 0 atom stereocenters. The van der Waals surface area contributed by atoms with Crippen molar-refractivity contribution in [2.24, 2.45) is 0 Å². The first-order chi connectivity index (χ1) is 7.75. The highest BCUT2D eigenvalue weighted by molar-refractivity contribution is 7.16. The number of nitrogens with one attached hydrogen (secondary N) is 2. The molecule has 0 aliphatic carbocycles. The summed E-state index contributed by atoms with van der Waals surface area (Å²) in [6, 6.07) is 6.09. The second-order valence-electron chi connectivity index (χ2n) is 3.82. The minimum Gasteiger partial charge on any atom is -0.330 e. The van der Waals surface area contributed by atoms with Gasteiger partial charge in [-0.25, -0.2) is 0 Å². The summed E-state index contributed by atoms with van der Waals surface area (Å²) in [5.74, 6) is 6.33. The Hall–Kier alpha value is -1.57. The third kappa shape index (κ3) is 2.72. The quantitative estimate of drug-likeness (QED) is 0.732. The first-order valence-electron chi connectivity index (χ1n) is 5.13. The van der Waals surface area contributed by atoms with Gasteiger partial charge in [-0.15, -0.1) is 11.3 Å². The standard InChI is InChI=1S/C12H13N3S/c1-15(2)9-3-4-10-5-6-12(16-10)11-7-8-13-14-11/h5-8H,9H2,1-2H3,(H,13,14)/p+1. The summed E-state index contributed by atoms with van der Waals surface area (Å²) in [4.78, 5) is 3.63. The van der Waals surface area contributed by atoms with Crippen LogP contribution in [0.2, 0.25) is 0 Å². The predicted octanol–water partition coefficient (Wildman–Crippen LogP) is 0.634. The molecule has 0 fully saturated rings. The van der Waals surface area contributed by atoms with Gasteiger partial charge in [0.1, 0.15) is 6.54 Å². The molecule has 2 rings (SSSR count). The molecule has 0 aromatic carbocycles. The lowest BCUT2D eigenvalue weighted by Crippen LogP contribution is -3.05. The van der Waals surface area contributed by atoms with E-state index in [-0.39, 0.29) is 0 Å². The van der Waals surface area contributed by atoms with E-state index in [1.165, 1.54) is 9.78 Å². The van der Waals surface area contributed by atoms with Crippen LogP contribution in [0, 0.1) is 11.8 Å². The topological polar surface area (TPSA) is 33.1 Å². The maximum atomic E-state index is 3.94. The van der Waals surface area contributed by atoms with Crippen molar-refractivity contribution in [2.75, 3.05) is 20.6 Å². The Bertz CT molecular complexity index is 500. The second-order valence-corrected chi connectivity index (χ2v) is 4.90. The summed E-state index contributed by atoms with van der Waals surface area (Å²) in [5, 5.41) is 6.88. The fourth-order valence-electron chi connectivity index (χ4n) is 1.25. The van der Waals surface area contributed by atoms with Gasteiger partial charge in [0.25, 0.3) is 0 Å². The van der Waals surface area contributed by atoms with Crippen LogP contribution in [-0.4, -0.2) is 30.8 Å². The summed E-state index contributed by atoms with van der Waals surface area (Å²) in [5.41, 5.74) is 1.05.